The lowest BCUT2D eigenvalue weighted by molar-refractivity contribution is 0.394. The van der Waals surface area contributed by atoms with E-state index in [-0.39, 0.29) is 0 Å². The fraction of sp³-hybridized carbons (Fsp3) is 0.200. The zero-order valence-corrected chi connectivity index (χ0v) is 10.4. The summed E-state index contributed by atoms with van der Waals surface area (Å²) in [5.74, 6) is 1.61. The first-order chi connectivity index (χ1) is 8.22. The molecule has 0 saturated heterocycles. The van der Waals surface area contributed by atoms with Crippen LogP contribution in [0.4, 0.5) is 0 Å². The minimum Gasteiger partial charge on any atom is -0.497 e. The second-order valence-electron chi connectivity index (χ2n) is 3.97. The van der Waals surface area contributed by atoms with Gasteiger partial charge in [0.25, 0.3) is 0 Å². The number of ether oxygens (including phenoxy) is 2. The average molecular weight is 228 g/mol. The SMILES string of the molecule is COc1cc(OC)cc(-c2ccc(C)cc2)c1. The quantitative estimate of drug-likeness (QED) is 0.797. The molecule has 0 aliphatic carbocycles. The van der Waals surface area contributed by atoms with Crippen molar-refractivity contribution in [1.29, 1.82) is 0 Å². The van der Waals surface area contributed by atoms with Crippen LogP contribution in [0.1, 0.15) is 5.56 Å². The van der Waals surface area contributed by atoms with Gasteiger partial charge in [-0.3, -0.25) is 0 Å². The van der Waals surface area contributed by atoms with Crippen molar-refractivity contribution in [3.8, 4) is 22.6 Å². The minimum atomic E-state index is 0.805. The minimum absolute atomic E-state index is 0.805. The van der Waals surface area contributed by atoms with Crippen LogP contribution >= 0.6 is 0 Å². The van der Waals surface area contributed by atoms with E-state index in [1.165, 1.54) is 5.56 Å². The lowest BCUT2D eigenvalue weighted by Gasteiger charge is -2.08. The van der Waals surface area contributed by atoms with Gasteiger partial charge in [0.2, 0.25) is 0 Å². The summed E-state index contributed by atoms with van der Waals surface area (Å²) in [4.78, 5) is 0. The van der Waals surface area contributed by atoms with E-state index in [0.29, 0.717) is 0 Å². The third-order valence-corrected chi connectivity index (χ3v) is 2.74. The number of hydrogen-bond donors (Lipinski definition) is 0. The molecule has 0 heterocycles. The first-order valence-corrected chi connectivity index (χ1v) is 5.53. The van der Waals surface area contributed by atoms with Crippen molar-refractivity contribution in [2.75, 3.05) is 14.2 Å². The van der Waals surface area contributed by atoms with Crippen molar-refractivity contribution in [3.05, 3.63) is 48.0 Å². The second kappa shape index (κ2) is 4.91. The third-order valence-electron chi connectivity index (χ3n) is 2.74. The molecule has 0 atom stereocenters. The van der Waals surface area contributed by atoms with Gasteiger partial charge in [-0.2, -0.15) is 0 Å². The fourth-order valence-corrected chi connectivity index (χ4v) is 1.72. The summed E-state index contributed by atoms with van der Waals surface area (Å²) in [6.07, 6.45) is 0. The van der Waals surface area contributed by atoms with Crippen molar-refractivity contribution in [3.63, 3.8) is 0 Å². The largest absolute Gasteiger partial charge is 0.497 e. The van der Waals surface area contributed by atoms with Gasteiger partial charge in [-0.15, -0.1) is 0 Å². The summed E-state index contributed by atoms with van der Waals surface area (Å²) >= 11 is 0. The van der Waals surface area contributed by atoms with Crippen molar-refractivity contribution < 1.29 is 9.47 Å². The second-order valence-corrected chi connectivity index (χ2v) is 3.97. The summed E-state index contributed by atoms with van der Waals surface area (Å²) in [5, 5.41) is 0. The molecule has 2 rings (SSSR count). The molecule has 0 radical (unpaired) electrons. The van der Waals surface area contributed by atoms with Crippen molar-refractivity contribution in [2.24, 2.45) is 0 Å². The van der Waals surface area contributed by atoms with Crippen LogP contribution in [0.5, 0.6) is 11.5 Å². The van der Waals surface area contributed by atoms with Crippen LogP contribution in [-0.2, 0) is 0 Å². The molecule has 0 N–H and O–H groups in total. The molecule has 0 fully saturated rings. The maximum atomic E-state index is 5.26. The van der Waals surface area contributed by atoms with Crippen LogP contribution in [0.2, 0.25) is 0 Å². The van der Waals surface area contributed by atoms with E-state index < -0.39 is 0 Å². The highest BCUT2D eigenvalue weighted by molar-refractivity contribution is 5.67. The third kappa shape index (κ3) is 2.59. The van der Waals surface area contributed by atoms with Gasteiger partial charge in [0.15, 0.2) is 0 Å². The Hall–Kier alpha value is -1.96. The Morgan fingerprint density at radius 2 is 1.24 bits per heavy atom. The molecule has 2 aromatic rings. The summed E-state index contributed by atoms with van der Waals surface area (Å²) < 4.78 is 10.5. The van der Waals surface area contributed by atoms with Crippen molar-refractivity contribution >= 4 is 0 Å². The molecule has 0 bridgehead atoms. The summed E-state index contributed by atoms with van der Waals surface area (Å²) in [7, 11) is 3.32. The molecule has 0 aliphatic rings. The lowest BCUT2D eigenvalue weighted by atomic mass is 10.0. The first-order valence-electron chi connectivity index (χ1n) is 5.53. The fourth-order valence-electron chi connectivity index (χ4n) is 1.72. The Bertz CT molecular complexity index is 479. The van der Waals surface area contributed by atoms with Crippen molar-refractivity contribution in [2.45, 2.75) is 6.92 Å². The molecule has 0 aliphatic heterocycles. The van der Waals surface area contributed by atoms with Gasteiger partial charge in [-0.1, -0.05) is 29.8 Å². The Labute approximate surface area is 102 Å². The zero-order chi connectivity index (χ0) is 12.3. The van der Waals surface area contributed by atoms with Crippen LogP contribution in [0.25, 0.3) is 11.1 Å². The number of rotatable bonds is 3. The predicted octanol–water partition coefficient (Wildman–Crippen LogP) is 3.68. The highest BCUT2D eigenvalue weighted by atomic mass is 16.5. The van der Waals surface area contributed by atoms with Crippen LogP contribution in [-0.4, -0.2) is 14.2 Å². The van der Waals surface area contributed by atoms with E-state index >= 15 is 0 Å². The van der Waals surface area contributed by atoms with Gasteiger partial charge in [0.05, 0.1) is 14.2 Å². The van der Waals surface area contributed by atoms with E-state index in [0.717, 1.165) is 22.6 Å². The van der Waals surface area contributed by atoms with Gasteiger partial charge >= 0.3 is 0 Å². The molecule has 0 unspecified atom stereocenters. The van der Waals surface area contributed by atoms with E-state index in [2.05, 4.69) is 31.2 Å². The van der Waals surface area contributed by atoms with E-state index in [1.807, 2.05) is 18.2 Å². The lowest BCUT2D eigenvalue weighted by Crippen LogP contribution is -1.88. The van der Waals surface area contributed by atoms with E-state index in [4.69, 9.17) is 9.47 Å². The van der Waals surface area contributed by atoms with E-state index in [1.54, 1.807) is 14.2 Å². The standard InChI is InChI=1S/C15H16O2/c1-11-4-6-12(7-5-11)13-8-14(16-2)10-15(9-13)17-3/h4-10H,1-3H3. The Kier molecular flexibility index (Phi) is 3.33. The molecular weight excluding hydrogens is 212 g/mol. The Balaban J connectivity index is 2.46. The monoisotopic (exact) mass is 228 g/mol. The molecule has 17 heavy (non-hydrogen) atoms. The summed E-state index contributed by atoms with van der Waals surface area (Å²) in [6, 6.07) is 14.3. The van der Waals surface area contributed by atoms with Gasteiger partial charge < -0.3 is 9.47 Å². The summed E-state index contributed by atoms with van der Waals surface area (Å²) in [6.45, 7) is 2.08. The average Bonchev–Trinajstić information content (AvgIpc) is 2.39. The van der Waals surface area contributed by atoms with Gasteiger partial charge in [-0.05, 0) is 30.2 Å². The molecule has 2 nitrogen and oxygen atoms in total. The first kappa shape index (κ1) is 11.5. The van der Waals surface area contributed by atoms with Gasteiger partial charge in [0, 0.05) is 6.07 Å². The van der Waals surface area contributed by atoms with Crippen LogP contribution in [0.15, 0.2) is 42.5 Å². The smallest absolute Gasteiger partial charge is 0.123 e. The highest BCUT2D eigenvalue weighted by Gasteiger charge is 2.03. The van der Waals surface area contributed by atoms with Crippen LogP contribution in [0, 0.1) is 6.92 Å². The molecule has 2 aromatic carbocycles. The topological polar surface area (TPSA) is 18.5 Å². The van der Waals surface area contributed by atoms with E-state index in [9.17, 15) is 0 Å². The maximum absolute atomic E-state index is 5.26. The van der Waals surface area contributed by atoms with Crippen molar-refractivity contribution in [1.82, 2.24) is 0 Å². The Morgan fingerprint density at radius 3 is 1.71 bits per heavy atom. The molecule has 0 aromatic heterocycles. The van der Waals surface area contributed by atoms with Gasteiger partial charge in [-0.25, -0.2) is 0 Å². The molecule has 0 saturated carbocycles. The molecule has 0 amide bonds. The number of benzene rings is 2. The molecular formula is C15H16O2. The Morgan fingerprint density at radius 1 is 0.706 bits per heavy atom. The zero-order valence-electron chi connectivity index (χ0n) is 10.4. The van der Waals surface area contributed by atoms with Crippen LogP contribution in [0.3, 0.4) is 0 Å². The number of aryl methyl sites for hydroxylation is 1. The summed E-state index contributed by atoms with van der Waals surface area (Å²) in [5.41, 5.74) is 3.51. The highest BCUT2D eigenvalue weighted by Crippen LogP contribution is 2.29. The molecule has 88 valence electrons. The predicted molar refractivity (Wildman–Crippen MR) is 69.7 cm³/mol. The number of methoxy groups -OCH3 is 2. The number of hydrogen-bond acceptors (Lipinski definition) is 2. The maximum Gasteiger partial charge on any atom is 0.123 e. The van der Waals surface area contributed by atoms with Crippen LogP contribution < -0.4 is 9.47 Å². The van der Waals surface area contributed by atoms with Gasteiger partial charge in [0.1, 0.15) is 11.5 Å². The molecule has 0 spiro atoms. The molecule has 2 heteroatoms. The normalized spacial score (nSPS) is 10.1.